The zero-order valence-corrected chi connectivity index (χ0v) is 19.3. The maximum absolute atomic E-state index is 12.1. The maximum Gasteiger partial charge on any atom is 0.408 e. The molecule has 0 spiro atoms. The zero-order chi connectivity index (χ0) is 20.7. The number of alkyl carbamates (subject to hydrolysis) is 1. The van der Waals surface area contributed by atoms with E-state index in [1.54, 1.807) is 23.9 Å². The van der Waals surface area contributed by atoms with Crippen LogP contribution in [0.5, 0.6) is 0 Å². The largest absolute Gasteiger partial charge is 0.444 e. The molecule has 0 saturated heterocycles. The summed E-state index contributed by atoms with van der Waals surface area (Å²) in [6, 6.07) is 4.93. The number of benzene rings is 1. The summed E-state index contributed by atoms with van der Waals surface area (Å²) in [7, 11) is 0. The Bertz CT molecular complexity index is 797. The highest BCUT2D eigenvalue weighted by atomic mass is 35.5. The average molecular weight is 464 g/mol. The average Bonchev–Trinajstić information content (AvgIpc) is 3.05. The lowest BCUT2D eigenvalue weighted by Gasteiger charge is -2.22. The standard InChI is InChI=1S/C18H23Cl2N3O3S2/c1-18(2,3)26-16(24)21-14(7-8-27-4)15-22-23-17(25-15)28-10-11-5-6-12(19)9-13(11)20/h5-6,9,14H,7-8,10H2,1-4H3,(H,21,24)/t14-/m1/s1. The van der Waals surface area contributed by atoms with Crippen LogP contribution in [0.4, 0.5) is 4.79 Å². The number of hydrogen-bond donors (Lipinski definition) is 1. The number of thioether (sulfide) groups is 2. The Morgan fingerprint density at radius 2 is 2.07 bits per heavy atom. The smallest absolute Gasteiger partial charge is 0.408 e. The van der Waals surface area contributed by atoms with E-state index in [1.165, 1.54) is 11.8 Å². The van der Waals surface area contributed by atoms with Crippen molar-refractivity contribution in [2.24, 2.45) is 0 Å². The second-order valence-corrected chi connectivity index (χ2v) is 9.67. The highest BCUT2D eigenvalue weighted by Gasteiger charge is 2.24. The fourth-order valence-corrected chi connectivity index (χ4v) is 3.94. The molecule has 0 saturated carbocycles. The maximum atomic E-state index is 12.1. The molecule has 0 unspecified atom stereocenters. The molecule has 1 atom stereocenters. The first-order valence-corrected chi connectivity index (χ1v) is 11.7. The fourth-order valence-electron chi connectivity index (χ4n) is 2.14. The van der Waals surface area contributed by atoms with Crippen molar-refractivity contribution in [2.45, 2.75) is 49.8 Å². The Hall–Kier alpha value is -1.09. The normalized spacial score (nSPS) is 12.6. The molecule has 1 aromatic carbocycles. The Morgan fingerprint density at radius 1 is 1.32 bits per heavy atom. The van der Waals surface area contributed by atoms with Crippen molar-refractivity contribution in [3.05, 3.63) is 39.7 Å². The molecule has 1 heterocycles. The Labute approximate surface area is 183 Å². The zero-order valence-electron chi connectivity index (χ0n) is 16.1. The molecule has 1 N–H and O–H groups in total. The van der Waals surface area contributed by atoms with Crippen molar-refractivity contribution in [1.29, 1.82) is 0 Å². The van der Waals surface area contributed by atoms with E-state index in [1.807, 2.05) is 33.1 Å². The van der Waals surface area contributed by atoms with E-state index < -0.39 is 17.7 Å². The summed E-state index contributed by atoms with van der Waals surface area (Å²) in [4.78, 5) is 12.1. The Morgan fingerprint density at radius 3 is 2.71 bits per heavy atom. The van der Waals surface area contributed by atoms with Crippen LogP contribution in [-0.4, -0.2) is 33.9 Å². The minimum Gasteiger partial charge on any atom is -0.444 e. The van der Waals surface area contributed by atoms with Gasteiger partial charge in [0.2, 0.25) is 5.89 Å². The van der Waals surface area contributed by atoms with Crippen LogP contribution >= 0.6 is 46.7 Å². The van der Waals surface area contributed by atoms with Gasteiger partial charge in [-0.2, -0.15) is 11.8 Å². The number of carbonyl (C=O) groups excluding carboxylic acids is 1. The van der Waals surface area contributed by atoms with Crippen LogP contribution in [0.2, 0.25) is 10.0 Å². The molecular formula is C18H23Cl2N3O3S2. The second-order valence-electron chi connectivity index (χ2n) is 6.91. The van der Waals surface area contributed by atoms with Crippen LogP contribution in [0.15, 0.2) is 27.8 Å². The minimum atomic E-state index is -0.582. The van der Waals surface area contributed by atoms with Crippen molar-refractivity contribution >= 4 is 52.8 Å². The van der Waals surface area contributed by atoms with Gasteiger partial charge < -0.3 is 14.5 Å². The van der Waals surface area contributed by atoms with Crippen molar-refractivity contribution < 1.29 is 13.9 Å². The first-order chi connectivity index (χ1) is 13.2. The monoisotopic (exact) mass is 463 g/mol. The molecule has 10 heteroatoms. The van der Waals surface area contributed by atoms with Gasteiger partial charge in [-0.05, 0) is 56.9 Å². The summed E-state index contributed by atoms with van der Waals surface area (Å²) in [6.45, 7) is 5.44. The second kappa shape index (κ2) is 10.6. The lowest BCUT2D eigenvalue weighted by Crippen LogP contribution is -2.35. The van der Waals surface area contributed by atoms with Gasteiger partial charge in [-0.25, -0.2) is 4.79 Å². The van der Waals surface area contributed by atoms with Crippen LogP contribution in [0, 0.1) is 0 Å². The van der Waals surface area contributed by atoms with E-state index in [9.17, 15) is 4.79 Å². The van der Waals surface area contributed by atoms with E-state index in [0.29, 0.717) is 33.3 Å². The molecule has 0 bridgehead atoms. The molecule has 2 rings (SSSR count). The highest BCUT2D eigenvalue weighted by molar-refractivity contribution is 7.98. The van der Waals surface area contributed by atoms with Gasteiger partial charge in [-0.15, -0.1) is 10.2 Å². The van der Waals surface area contributed by atoms with Crippen LogP contribution in [0.3, 0.4) is 0 Å². The molecule has 0 radical (unpaired) electrons. The van der Waals surface area contributed by atoms with Crippen LogP contribution in [-0.2, 0) is 10.5 Å². The van der Waals surface area contributed by atoms with E-state index in [4.69, 9.17) is 32.4 Å². The van der Waals surface area contributed by atoms with Gasteiger partial charge in [0, 0.05) is 15.8 Å². The van der Waals surface area contributed by atoms with Gasteiger partial charge in [0.15, 0.2) is 0 Å². The van der Waals surface area contributed by atoms with Crippen LogP contribution in [0.1, 0.15) is 44.7 Å². The molecule has 1 amide bonds. The number of rotatable bonds is 8. The number of hydrogen-bond acceptors (Lipinski definition) is 7. The number of nitrogens with zero attached hydrogens (tertiary/aromatic N) is 2. The molecule has 154 valence electrons. The van der Waals surface area contributed by atoms with Gasteiger partial charge in [0.25, 0.3) is 5.22 Å². The molecule has 0 aliphatic heterocycles. The van der Waals surface area contributed by atoms with E-state index in [-0.39, 0.29) is 0 Å². The predicted octanol–water partition coefficient (Wildman–Crippen LogP) is 5.99. The lowest BCUT2D eigenvalue weighted by molar-refractivity contribution is 0.0493. The number of aromatic nitrogens is 2. The SMILES string of the molecule is CSCC[C@@H](NC(=O)OC(C)(C)C)c1nnc(SCc2ccc(Cl)cc2Cl)o1. The molecular weight excluding hydrogens is 441 g/mol. The molecule has 28 heavy (non-hydrogen) atoms. The summed E-state index contributed by atoms with van der Waals surface area (Å²) < 4.78 is 11.1. The third-order valence-electron chi connectivity index (χ3n) is 3.39. The van der Waals surface area contributed by atoms with E-state index in [0.717, 1.165) is 11.3 Å². The van der Waals surface area contributed by atoms with Crippen molar-refractivity contribution in [3.8, 4) is 0 Å². The van der Waals surface area contributed by atoms with Gasteiger partial charge in [-0.1, -0.05) is 41.0 Å². The Balaban J connectivity index is 2.02. The quantitative estimate of drug-likeness (QED) is 0.481. The molecule has 0 aliphatic carbocycles. The van der Waals surface area contributed by atoms with Crippen molar-refractivity contribution in [3.63, 3.8) is 0 Å². The molecule has 0 fully saturated rings. The third kappa shape index (κ3) is 7.73. The van der Waals surface area contributed by atoms with Gasteiger partial charge >= 0.3 is 6.09 Å². The molecule has 6 nitrogen and oxygen atoms in total. The number of amides is 1. The van der Waals surface area contributed by atoms with E-state index >= 15 is 0 Å². The summed E-state index contributed by atoms with van der Waals surface area (Å²) in [5.41, 5.74) is 0.337. The first kappa shape index (κ1) is 23.2. The molecule has 1 aromatic heterocycles. The number of carbonyl (C=O) groups is 1. The summed E-state index contributed by atoms with van der Waals surface area (Å²) >= 11 is 15.1. The third-order valence-corrected chi connectivity index (χ3v) is 5.49. The molecule has 0 aliphatic rings. The van der Waals surface area contributed by atoms with Crippen LogP contribution in [0.25, 0.3) is 0 Å². The lowest BCUT2D eigenvalue weighted by atomic mass is 10.2. The number of halogens is 2. The fraction of sp³-hybridized carbons (Fsp3) is 0.500. The summed E-state index contributed by atoms with van der Waals surface area (Å²) in [5.74, 6) is 1.74. The molecule has 2 aromatic rings. The van der Waals surface area contributed by atoms with Gasteiger partial charge in [0.05, 0.1) is 0 Å². The van der Waals surface area contributed by atoms with Gasteiger partial charge in [-0.3, -0.25) is 0 Å². The van der Waals surface area contributed by atoms with Crippen LogP contribution < -0.4 is 5.32 Å². The van der Waals surface area contributed by atoms with Gasteiger partial charge in [0.1, 0.15) is 11.6 Å². The topological polar surface area (TPSA) is 77.2 Å². The van der Waals surface area contributed by atoms with E-state index in [2.05, 4.69) is 15.5 Å². The Kier molecular flexibility index (Phi) is 8.80. The highest BCUT2D eigenvalue weighted by Crippen LogP contribution is 2.29. The van der Waals surface area contributed by atoms with Crippen molar-refractivity contribution in [1.82, 2.24) is 15.5 Å². The first-order valence-electron chi connectivity index (χ1n) is 8.56. The summed E-state index contributed by atoms with van der Waals surface area (Å²) in [5, 5.41) is 12.6. The predicted molar refractivity (Wildman–Crippen MR) is 115 cm³/mol. The number of ether oxygens (including phenoxy) is 1. The summed E-state index contributed by atoms with van der Waals surface area (Å²) in [6.07, 6.45) is 2.13. The number of nitrogens with one attached hydrogen (secondary N) is 1. The minimum absolute atomic E-state index is 0.351. The van der Waals surface area contributed by atoms with Crippen molar-refractivity contribution in [2.75, 3.05) is 12.0 Å².